The molecule has 0 aromatic carbocycles. The molecule has 0 saturated heterocycles. The molecule has 4 heteroatoms. The van der Waals surface area contributed by atoms with E-state index in [9.17, 15) is 0 Å². The predicted molar refractivity (Wildman–Crippen MR) is 72.5 cm³/mol. The molecule has 3 nitrogen and oxygen atoms in total. The lowest BCUT2D eigenvalue weighted by atomic mass is 10.3. The molecule has 0 aliphatic heterocycles. The number of pyridine rings is 1. The van der Waals surface area contributed by atoms with E-state index in [2.05, 4.69) is 29.1 Å². The molecule has 0 aliphatic carbocycles. The van der Waals surface area contributed by atoms with E-state index in [4.69, 9.17) is 0 Å². The van der Waals surface area contributed by atoms with E-state index in [1.165, 1.54) is 4.88 Å². The third-order valence-corrected chi connectivity index (χ3v) is 3.87. The van der Waals surface area contributed by atoms with Gasteiger partial charge in [-0.1, -0.05) is 13.0 Å². The highest BCUT2D eigenvalue weighted by Gasteiger charge is 2.10. The molecule has 0 aliphatic rings. The van der Waals surface area contributed by atoms with Crippen molar-refractivity contribution in [3.8, 4) is 0 Å². The fraction of sp³-hybridized carbons (Fsp3) is 0.385. The van der Waals surface area contributed by atoms with Gasteiger partial charge in [0.05, 0.1) is 6.04 Å². The van der Waals surface area contributed by atoms with Crippen molar-refractivity contribution in [1.82, 2.24) is 9.97 Å². The van der Waals surface area contributed by atoms with E-state index < -0.39 is 0 Å². The van der Waals surface area contributed by atoms with E-state index in [1.807, 2.05) is 31.3 Å². The fourth-order valence-corrected chi connectivity index (χ4v) is 2.45. The van der Waals surface area contributed by atoms with Crippen LogP contribution in [-0.2, 0) is 6.42 Å². The van der Waals surface area contributed by atoms with Crippen LogP contribution in [0.15, 0.2) is 24.4 Å². The summed E-state index contributed by atoms with van der Waals surface area (Å²) >= 11 is 1.76. The third kappa shape index (κ3) is 3.03. The first-order chi connectivity index (χ1) is 8.19. The maximum atomic E-state index is 4.43. The van der Waals surface area contributed by atoms with Gasteiger partial charge in [-0.25, -0.2) is 9.97 Å². The minimum absolute atomic E-state index is 0.203. The van der Waals surface area contributed by atoms with Gasteiger partial charge in [0.15, 0.2) is 0 Å². The summed E-state index contributed by atoms with van der Waals surface area (Å²) in [5, 5.41) is 4.49. The van der Waals surface area contributed by atoms with Gasteiger partial charge in [-0.2, -0.15) is 0 Å². The molecule has 1 atom stereocenters. The molecule has 2 aromatic rings. The van der Waals surface area contributed by atoms with E-state index in [0.717, 1.165) is 22.9 Å². The maximum Gasteiger partial charge on any atom is 0.126 e. The Hall–Kier alpha value is -1.42. The number of hydrogen-bond acceptors (Lipinski definition) is 4. The molecular weight excluding hydrogens is 230 g/mol. The van der Waals surface area contributed by atoms with Gasteiger partial charge in [-0.05, 0) is 32.4 Å². The first kappa shape index (κ1) is 12.0. The van der Waals surface area contributed by atoms with E-state index in [0.29, 0.717) is 0 Å². The molecule has 0 spiro atoms. The highest BCUT2D eigenvalue weighted by Crippen LogP contribution is 2.23. The minimum atomic E-state index is 0.203. The van der Waals surface area contributed by atoms with Crippen LogP contribution in [0.1, 0.15) is 35.5 Å². The normalized spacial score (nSPS) is 12.4. The van der Waals surface area contributed by atoms with Crippen molar-refractivity contribution in [2.24, 2.45) is 0 Å². The number of anilines is 1. The molecule has 0 amide bonds. The summed E-state index contributed by atoms with van der Waals surface area (Å²) < 4.78 is 0. The van der Waals surface area contributed by atoms with Crippen molar-refractivity contribution < 1.29 is 0 Å². The van der Waals surface area contributed by atoms with Crippen LogP contribution >= 0.6 is 11.3 Å². The zero-order valence-corrected chi connectivity index (χ0v) is 11.2. The van der Waals surface area contributed by atoms with Crippen LogP contribution in [0.4, 0.5) is 5.82 Å². The van der Waals surface area contributed by atoms with Crippen LogP contribution in [0.5, 0.6) is 0 Å². The predicted octanol–water partition coefficient (Wildman–Crippen LogP) is 3.58. The number of thiazole rings is 1. The molecule has 0 radical (unpaired) electrons. The average molecular weight is 247 g/mol. The first-order valence-corrected chi connectivity index (χ1v) is 6.65. The molecule has 1 unspecified atom stereocenters. The average Bonchev–Trinajstić information content (AvgIpc) is 2.77. The summed E-state index contributed by atoms with van der Waals surface area (Å²) in [6.45, 7) is 6.26. The Morgan fingerprint density at radius 1 is 1.41 bits per heavy atom. The zero-order chi connectivity index (χ0) is 12.3. The standard InChI is InChI=1S/C13H17N3S/c1-4-11-8-14-13(17-11)10(3)16-12-7-5-6-9(2)15-12/h5-8,10H,4H2,1-3H3,(H,15,16). The van der Waals surface area contributed by atoms with Crippen LogP contribution in [0.2, 0.25) is 0 Å². The molecule has 1 N–H and O–H groups in total. The van der Waals surface area contributed by atoms with E-state index >= 15 is 0 Å². The number of nitrogens with one attached hydrogen (secondary N) is 1. The molecule has 2 rings (SSSR count). The van der Waals surface area contributed by atoms with Gasteiger partial charge in [-0.3, -0.25) is 0 Å². The topological polar surface area (TPSA) is 37.8 Å². The lowest BCUT2D eigenvalue weighted by molar-refractivity contribution is 0.858. The second-order valence-corrected chi connectivity index (χ2v) is 5.20. The Morgan fingerprint density at radius 3 is 2.88 bits per heavy atom. The lowest BCUT2D eigenvalue weighted by Gasteiger charge is -2.11. The molecule has 17 heavy (non-hydrogen) atoms. The quantitative estimate of drug-likeness (QED) is 0.897. The van der Waals surface area contributed by atoms with Gasteiger partial charge in [0.2, 0.25) is 0 Å². The monoisotopic (exact) mass is 247 g/mol. The van der Waals surface area contributed by atoms with Crippen LogP contribution in [0.3, 0.4) is 0 Å². The van der Waals surface area contributed by atoms with Crippen LogP contribution < -0.4 is 5.32 Å². The smallest absolute Gasteiger partial charge is 0.126 e. The molecular formula is C13H17N3S. The molecule has 2 aromatic heterocycles. The maximum absolute atomic E-state index is 4.43. The molecule has 0 saturated carbocycles. The van der Waals surface area contributed by atoms with Crippen molar-refractivity contribution in [2.45, 2.75) is 33.2 Å². The Kier molecular flexibility index (Phi) is 3.74. The number of hydrogen-bond donors (Lipinski definition) is 1. The number of aryl methyl sites for hydroxylation is 2. The zero-order valence-electron chi connectivity index (χ0n) is 10.4. The second kappa shape index (κ2) is 5.27. The summed E-state index contributed by atoms with van der Waals surface area (Å²) in [7, 11) is 0. The Bertz CT molecular complexity index is 493. The summed E-state index contributed by atoms with van der Waals surface area (Å²) in [6.07, 6.45) is 3.01. The van der Waals surface area contributed by atoms with Gasteiger partial charge in [0.25, 0.3) is 0 Å². The van der Waals surface area contributed by atoms with Crippen molar-refractivity contribution in [1.29, 1.82) is 0 Å². The highest BCUT2D eigenvalue weighted by molar-refractivity contribution is 7.11. The minimum Gasteiger partial charge on any atom is -0.361 e. The molecule has 90 valence electrons. The summed E-state index contributed by atoms with van der Waals surface area (Å²) in [4.78, 5) is 10.2. The van der Waals surface area contributed by atoms with E-state index in [1.54, 1.807) is 11.3 Å². The van der Waals surface area contributed by atoms with E-state index in [-0.39, 0.29) is 6.04 Å². The fourth-order valence-electron chi connectivity index (χ4n) is 1.59. The summed E-state index contributed by atoms with van der Waals surface area (Å²) in [6, 6.07) is 6.19. The number of rotatable bonds is 4. The number of aromatic nitrogens is 2. The van der Waals surface area contributed by atoms with Gasteiger partial charge in [0, 0.05) is 16.8 Å². The van der Waals surface area contributed by atoms with Crippen molar-refractivity contribution in [2.75, 3.05) is 5.32 Å². The Labute approximate surface area is 106 Å². The van der Waals surface area contributed by atoms with Gasteiger partial charge >= 0.3 is 0 Å². The lowest BCUT2D eigenvalue weighted by Crippen LogP contribution is -2.07. The van der Waals surface area contributed by atoms with Crippen molar-refractivity contribution >= 4 is 17.2 Å². The second-order valence-electron chi connectivity index (χ2n) is 4.05. The summed E-state index contributed by atoms with van der Waals surface area (Å²) in [5.74, 6) is 0.908. The Morgan fingerprint density at radius 2 is 2.24 bits per heavy atom. The highest BCUT2D eigenvalue weighted by atomic mass is 32.1. The number of nitrogens with zero attached hydrogens (tertiary/aromatic N) is 2. The van der Waals surface area contributed by atoms with Crippen molar-refractivity contribution in [3.63, 3.8) is 0 Å². The van der Waals surface area contributed by atoms with Crippen LogP contribution in [0, 0.1) is 6.92 Å². The van der Waals surface area contributed by atoms with Gasteiger partial charge < -0.3 is 5.32 Å². The molecule has 0 bridgehead atoms. The largest absolute Gasteiger partial charge is 0.361 e. The van der Waals surface area contributed by atoms with Crippen molar-refractivity contribution in [3.05, 3.63) is 40.0 Å². The van der Waals surface area contributed by atoms with Gasteiger partial charge in [0.1, 0.15) is 10.8 Å². The van der Waals surface area contributed by atoms with Crippen LogP contribution in [-0.4, -0.2) is 9.97 Å². The first-order valence-electron chi connectivity index (χ1n) is 5.84. The third-order valence-electron chi connectivity index (χ3n) is 2.54. The SMILES string of the molecule is CCc1cnc(C(C)Nc2cccc(C)n2)s1. The Balaban J connectivity index is 2.08. The summed E-state index contributed by atoms with van der Waals surface area (Å²) in [5.41, 5.74) is 1.02. The molecule has 2 heterocycles. The van der Waals surface area contributed by atoms with Crippen LogP contribution in [0.25, 0.3) is 0 Å². The molecule has 0 fully saturated rings. The van der Waals surface area contributed by atoms with Gasteiger partial charge in [-0.15, -0.1) is 11.3 Å².